The van der Waals surface area contributed by atoms with Crippen molar-refractivity contribution in [3.63, 3.8) is 0 Å². The monoisotopic (exact) mass is 262 g/mol. The van der Waals surface area contributed by atoms with Crippen molar-refractivity contribution < 1.29 is 0 Å². The lowest BCUT2D eigenvalue weighted by atomic mass is 10.2. The number of fused-ring (bicyclic) bond motifs is 1. The molecule has 1 saturated heterocycles. The predicted octanol–water partition coefficient (Wildman–Crippen LogP) is -0.419. The highest BCUT2D eigenvalue weighted by atomic mass is 16.1. The van der Waals surface area contributed by atoms with Crippen LogP contribution in [0, 0.1) is 0 Å². The number of hydrogen-bond acceptors (Lipinski definition) is 5. The summed E-state index contributed by atoms with van der Waals surface area (Å²) < 4.78 is 0. The molecule has 1 fully saturated rings. The van der Waals surface area contributed by atoms with E-state index >= 15 is 0 Å². The predicted molar refractivity (Wildman–Crippen MR) is 73.9 cm³/mol. The SMILES string of the molecule is CN1CCN(Cc2c[nH]c3nc(N)[nH]c(=O)c23)CC1. The molecule has 0 atom stereocenters. The highest BCUT2D eigenvalue weighted by Gasteiger charge is 2.17. The van der Waals surface area contributed by atoms with Gasteiger partial charge in [-0.1, -0.05) is 0 Å². The Kier molecular flexibility index (Phi) is 3.00. The van der Waals surface area contributed by atoms with Crippen molar-refractivity contribution in [2.75, 3.05) is 39.0 Å². The van der Waals surface area contributed by atoms with Gasteiger partial charge < -0.3 is 15.6 Å². The largest absolute Gasteiger partial charge is 0.369 e. The van der Waals surface area contributed by atoms with E-state index in [2.05, 4.69) is 31.8 Å². The third-order valence-electron chi connectivity index (χ3n) is 3.63. The van der Waals surface area contributed by atoms with Gasteiger partial charge in [0.05, 0.1) is 5.39 Å². The summed E-state index contributed by atoms with van der Waals surface area (Å²) in [5.41, 5.74) is 6.90. The molecule has 3 rings (SSSR count). The second-order valence-corrected chi connectivity index (χ2v) is 5.07. The molecule has 2 aromatic heterocycles. The number of nitrogen functional groups attached to an aromatic ring is 1. The summed E-state index contributed by atoms with van der Waals surface area (Å²) in [6, 6.07) is 0. The van der Waals surface area contributed by atoms with Gasteiger partial charge in [0.25, 0.3) is 5.56 Å². The van der Waals surface area contributed by atoms with Crippen LogP contribution in [0.1, 0.15) is 5.56 Å². The van der Waals surface area contributed by atoms with Crippen molar-refractivity contribution in [3.05, 3.63) is 22.1 Å². The van der Waals surface area contributed by atoms with Crippen LogP contribution in [0.5, 0.6) is 0 Å². The molecule has 0 unspecified atom stereocenters. The summed E-state index contributed by atoms with van der Waals surface area (Å²) in [5.74, 6) is 0.144. The van der Waals surface area contributed by atoms with E-state index in [0.717, 1.165) is 38.3 Å². The summed E-state index contributed by atoms with van der Waals surface area (Å²) in [5, 5.41) is 0.619. The number of hydrogen-bond donors (Lipinski definition) is 3. The van der Waals surface area contributed by atoms with Gasteiger partial charge in [0.15, 0.2) is 0 Å². The Bertz CT molecular complexity index is 637. The molecule has 0 bridgehead atoms. The number of anilines is 1. The Balaban J connectivity index is 1.87. The molecule has 1 aliphatic rings. The lowest BCUT2D eigenvalue weighted by Crippen LogP contribution is -2.43. The number of nitrogens with two attached hydrogens (primary N) is 1. The van der Waals surface area contributed by atoms with E-state index in [4.69, 9.17) is 5.73 Å². The number of rotatable bonds is 2. The van der Waals surface area contributed by atoms with Gasteiger partial charge in [0, 0.05) is 38.9 Å². The minimum absolute atomic E-state index is 0.144. The summed E-state index contributed by atoms with van der Waals surface area (Å²) in [6.45, 7) is 4.92. The van der Waals surface area contributed by atoms with Crippen LogP contribution in [0.2, 0.25) is 0 Å². The fraction of sp³-hybridized carbons (Fsp3) is 0.500. The zero-order valence-electron chi connectivity index (χ0n) is 10.9. The maximum Gasteiger partial charge on any atom is 0.262 e. The third kappa shape index (κ3) is 2.34. The van der Waals surface area contributed by atoms with E-state index in [1.807, 2.05) is 6.20 Å². The Morgan fingerprint density at radius 3 is 2.84 bits per heavy atom. The molecule has 4 N–H and O–H groups in total. The standard InChI is InChI=1S/C12H18N6O/c1-17-2-4-18(5-3-17)7-8-6-14-10-9(8)11(19)16-12(13)15-10/h6H,2-5,7H2,1H3,(H4,13,14,15,16,19). The average Bonchev–Trinajstić information content (AvgIpc) is 2.75. The molecule has 0 radical (unpaired) electrons. The lowest BCUT2D eigenvalue weighted by Gasteiger charge is -2.32. The zero-order chi connectivity index (χ0) is 13.4. The van der Waals surface area contributed by atoms with Gasteiger partial charge in [-0.3, -0.25) is 14.7 Å². The number of aromatic nitrogens is 3. The summed E-state index contributed by atoms with van der Waals surface area (Å²) in [7, 11) is 2.13. The molecule has 7 heteroatoms. The van der Waals surface area contributed by atoms with Crippen LogP contribution in [-0.4, -0.2) is 58.0 Å². The molecule has 0 aliphatic carbocycles. The van der Waals surface area contributed by atoms with Crippen LogP contribution in [0.4, 0.5) is 5.95 Å². The lowest BCUT2D eigenvalue weighted by molar-refractivity contribution is 0.148. The molecule has 102 valence electrons. The first-order chi connectivity index (χ1) is 9.13. The summed E-state index contributed by atoms with van der Waals surface area (Å²) >= 11 is 0. The number of nitrogens with one attached hydrogen (secondary N) is 2. The fourth-order valence-corrected chi connectivity index (χ4v) is 2.49. The number of H-pyrrole nitrogens is 2. The van der Waals surface area contributed by atoms with Crippen molar-refractivity contribution >= 4 is 17.0 Å². The smallest absolute Gasteiger partial charge is 0.262 e. The van der Waals surface area contributed by atoms with Crippen molar-refractivity contribution in [2.24, 2.45) is 0 Å². The minimum atomic E-state index is -0.173. The summed E-state index contributed by atoms with van der Waals surface area (Å²) in [6.07, 6.45) is 1.85. The molecular formula is C12H18N6O. The van der Waals surface area contributed by atoms with Crippen LogP contribution >= 0.6 is 0 Å². The molecule has 1 aliphatic heterocycles. The quantitative estimate of drug-likeness (QED) is 0.683. The van der Waals surface area contributed by atoms with Gasteiger partial charge in [0.1, 0.15) is 5.65 Å². The van der Waals surface area contributed by atoms with Crippen LogP contribution in [0.25, 0.3) is 11.0 Å². The topological polar surface area (TPSA) is 94.0 Å². The average molecular weight is 262 g/mol. The molecule has 2 aromatic rings. The van der Waals surface area contributed by atoms with Crippen molar-refractivity contribution in [1.29, 1.82) is 0 Å². The van der Waals surface area contributed by atoms with E-state index in [1.54, 1.807) is 0 Å². The van der Waals surface area contributed by atoms with E-state index in [1.165, 1.54) is 0 Å². The van der Waals surface area contributed by atoms with Crippen molar-refractivity contribution in [3.8, 4) is 0 Å². The minimum Gasteiger partial charge on any atom is -0.369 e. The molecule has 3 heterocycles. The first-order valence-corrected chi connectivity index (χ1v) is 6.40. The van der Waals surface area contributed by atoms with Gasteiger partial charge in [-0.2, -0.15) is 4.98 Å². The normalized spacial score (nSPS) is 18.2. The van der Waals surface area contributed by atoms with Gasteiger partial charge >= 0.3 is 0 Å². The molecule has 0 aromatic carbocycles. The Morgan fingerprint density at radius 2 is 2.11 bits per heavy atom. The maximum atomic E-state index is 12.0. The molecular weight excluding hydrogens is 244 g/mol. The first kappa shape index (κ1) is 12.2. The Hall–Kier alpha value is -1.86. The molecule has 0 saturated carbocycles. The second-order valence-electron chi connectivity index (χ2n) is 5.07. The molecule has 0 spiro atoms. The van der Waals surface area contributed by atoms with Gasteiger partial charge in [-0.15, -0.1) is 0 Å². The van der Waals surface area contributed by atoms with E-state index < -0.39 is 0 Å². The third-order valence-corrected chi connectivity index (χ3v) is 3.63. The number of likely N-dealkylation sites (N-methyl/N-ethyl adjacent to an activating group) is 1. The number of nitrogens with zero attached hydrogens (tertiary/aromatic N) is 3. The highest BCUT2D eigenvalue weighted by Crippen LogP contribution is 2.15. The Labute approximate surface area is 110 Å². The van der Waals surface area contributed by atoms with Crippen LogP contribution in [0.3, 0.4) is 0 Å². The van der Waals surface area contributed by atoms with E-state index in [-0.39, 0.29) is 11.5 Å². The zero-order valence-corrected chi connectivity index (χ0v) is 10.9. The first-order valence-electron chi connectivity index (χ1n) is 6.40. The van der Waals surface area contributed by atoms with E-state index in [0.29, 0.717) is 11.0 Å². The molecule has 19 heavy (non-hydrogen) atoms. The maximum absolute atomic E-state index is 12.0. The number of piperazine rings is 1. The second kappa shape index (κ2) is 4.67. The van der Waals surface area contributed by atoms with E-state index in [9.17, 15) is 4.79 Å². The van der Waals surface area contributed by atoms with Crippen molar-refractivity contribution in [1.82, 2.24) is 24.8 Å². The van der Waals surface area contributed by atoms with Crippen molar-refractivity contribution in [2.45, 2.75) is 6.54 Å². The van der Waals surface area contributed by atoms with Gasteiger partial charge in [-0.25, -0.2) is 0 Å². The van der Waals surface area contributed by atoms with Crippen LogP contribution < -0.4 is 11.3 Å². The number of aromatic amines is 2. The fourth-order valence-electron chi connectivity index (χ4n) is 2.49. The Morgan fingerprint density at radius 1 is 1.37 bits per heavy atom. The van der Waals surface area contributed by atoms with Gasteiger partial charge in [-0.05, 0) is 12.6 Å². The highest BCUT2D eigenvalue weighted by molar-refractivity contribution is 5.79. The molecule has 7 nitrogen and oxygen atoms in total. The van der Waals surface area contributed by atoms with Gasteiger partial charge in [0.2, 0.25) is 5.95 Å². The van der Waals surface area contributed by atoms with Crippen LogP contribution in [0.15, 0.2) is 11.0 Å². The summed E-state index contributed by atoms with van der Waals surface area (Å²) in [4.78, 5) is 26.3. The molecule has 0 amide bonds. The van der Waals surface area contributed by atoms with Crippen LogP contribution in [-0.2, 0) is 6.54 Å².